The Hall–Kier alpha value is -0.860. The van der Waals surface area contributed by atoms with Crippen molar-refractivity contribution in [2.45, 2.75) is 44.4 Å². The van der Waals surface area contributed by atoms with Crippen LogP contribution in [0.5, 0.6) is 0 Å². The second-order valence-corrected chi connectivity index (χ2v) is 7.07. The summed E-state index contributed by atoms with van der Waals surface area (Å²) in [6.07, 6.45) is 8.01. The second-order valence-electron chi connectivity index (χ2n) is 7.07. The van der Waals surface area contributed by atoms with Gasteiger partial charge in [-0.3, -0.25) is 0 Å². The maximum Gasteiger partial charge on any atom is -0.00160 e. The Morgan fingerprint density at radius 3 is 2.81 bits per heavy atom. The topological polar surface area (TPSA) is 15.3 Å². The van der Waals surface area contributed by atoms with E-state index in [9.17, 15) is 0 Å². The molecule has 1 N–H and O–H groups in total. The summed E-state index contributed by atoms with van der Waals surface area (Å²) < 4.78 is 0. The van der Waals surface area contributed by atoms with Crippen LogP contribution in [-0.4, -0.2) is 38.1 Å². The van der Waals surface area contributed by atoms with Crippen LogP contribution in [0.1, 0.15) is 49.1 Å². The molecule has 2 nitrogen and oxygen atoms in total. The van der Waals surface area contributed by atoms with Gasteiger partial charge in [0.25, 0.3) is 0 Å². The molecular formula is C19H30N2. The molecular weight excluding hydrogens is 256 g/mol. The van der Waals surface area contributed by atoms with E-state index in [4.69, 9.17) is 0 Å². The van der Waals surface area contributed by atoms with E-state index in [0.717, 1.165) is 11.8 Å². The lowest BCUT2D eigenvalue weighted by atomic mass is 9.87. The van der Waals surface area contributed by atoms with Crippen molar-refractivity contribution in [3.63, 3.8) is 0 Å². The van der Waals surface area contributed by atoms with Gasteiger partial charge in [0.2, 0.25) is 0 Å². The number of nitrogens with zero attached hydrogens (tertiary/aromatic N) is 1. The van der Waals surface area contributed by atoms with Crippen LogP contribution in [0.2, 0.25) is 0 Å². The molecule has 2 aliphatic rings. The molecule has 2 fully saturated rings. The van der Waals surface area contributed by atoms with Crippen LogP contribution in [0, 0.1) is 5.92 Å². The van der Waals surface area contributed by atoms with Gasteiger partial charge in [-0.25, -0.2) is 0 Å². The minimum absolute atomic E-state index is 0.780. The Morgan fingerprint density at radius 1 is 1.10 bits per heavy atom. The van der Waals surface area contributed by atoms with Gasteiger partial charge in [-0.05, 0) is 94.7 Å². The largest absolute Gasteiger partial charge is 0.317 e. The van der Waals surface area contributed by atoms with Crippen LogP contribution in [0.15, 0.2) is 24.3 Å². The molecule has 0 amide bonds. The first-order valence-electron chi connectivity index (χ1n) is 8.79. The molecule has 2 aliphatic heterocycles. The zero-order chi connectivity index (χ0) is 14.5. The van der Waals surface area contributed by atoms with E-state index in [1.54, 1.807) is 11.1 Å². The normalized spacial score (nSPS) is 25.7. The Labute approximate surface area is 129 Å². The summed E-state index contributed by atoms with van der Waals surface area (Å²) in [4.78, 5) is 2.48. The average Bonchev–Trinajstić information content (AvgIpc) is 2.73. The van der Waals surface area contributed by atoms with E-state index in [-0.39, 0.29) is 0 Å². The van der Waals surface area contributed by atoms with Gasteiger partial charge in [-0.15, -0.1) is 0 Å². The number of nitrogens with one attached hydrogen (secondary N) is 1. The summed E-state index contributed by atoms with van der Waals surface area (Å²) in [5, 5.41) is 3.47. The Kier molecular flexibility index (Phi) is 5.32. The highest BCUT2D eigenvalue weighted by molar-refractivity contribution is 5.27. The number of likely N-dealkylation sites (tertiary alicyclic amines) is 1. The van der Waals surface area contributed by atoms with Crippen molar-refractivity contribution in [1.29, 1.82) is 0 Å². The molecule has 3 rings (SSSR count). The summed E-state index contributed by atoms with van der Waals surface area (Å²) in [7, 11) is 2.26. The third-order valence-corrected chi connectivity index (χ3v) is 5.36. The highest BCUT2D eigenvalue weighted by Crippen LogP contribution is 2.29. The molecule has 1 aromatic rings. The standard InChI is InChI=1S/C19H30N2/c1-21-12-3-6-18(9-13-21)19-5-2-4-17(15-19)14-16-7-10-20-11-8-16/h2,4-5,15-16,18,20H,3,6-14H2,1H3. The Bertz CT molecular complexity index is 437. The quantitative estimate of drug-likeness (QED) is 0.916. The van der Waals surface area contributed by atoms with Crippen LogP contribution >= 0.6 is 0 Å². The monoisotopic (exact) mass is 286 g/mol. The lowest BCUT2D eigenvalue weighted by molar-refractivity contribution is 0.347. The number of hydrogen-bond donors (Lipinski definition) is 1. The third-order valence-electron chi connectivity index (χ3n) is 5.36. The third kappa shape index (κ3) is 4.31. The molecule has 21 heavy (non-hydrogen) atoms. The summed E-state index contributed by atoms with van der Waals surface area (Å²) in [5.74, 6) is 1.67. The van der Waals surface area contributed by atoms with Gasteiger partial charge >= 0.3 is 0 Å². The van der Waals surface area contributed by atoms with Crippen molar-refractivity contribution in [3.8, 4) is 0 Å². The molecule has 0 radical (unpaired) electrons. The van der Waals surface area contributed by atoms with Crippen molar-refractivity contribution < 1.29 is 0 Å². The van der Waals surface area contributed by atoms with E-state index in [0.29, 0.717) is 0 Å². The van der Waals surface area contributed by atoms with Gasteiger partial charge in [0.1, 0.15) is 0 Å². The van der Waals surface area contributed by atoms with E-state index in [1.165, 1.54) is 64.7 Å². The molecule has 2 heterocycles. The summed E-state index contributed by atoms with van der Waals surface area (Å²) >= 11 is 0. The van der Waals surface area contributed by atoms with Crippen molar-refractivity contribution in [1.82, 2.24) is 10.2 Å². The van der Waals surface area contributed by atoms with E-state index < -0.39 is 0 Å². The number of benzene rings is 1. The molecule has 1 atom stereocenters. The highest BCUT2D eigenvalue weighted by Gasteiger charge is 2.18. The smallest absolute Gasteiger partial charge is 0.00160 e. The minimum Gasteiger partial charge on any atom is -0.317 e. The van der Waals surface area contributed by atoms with Crippen LogP contribution in [0.3, 0.4) is 0 Å². The number of hydrogen-bond acceptors (Lipinski definition) is 2. The van der Waals surface area contributed by atoms with E-state index in [2.05, 4.69) is 41.5 Å². The van der Waals surface area contributed by atoms with E-state index >= 15 is 0 Å². The zero-order valence-corrected chi connectivity index (χ0v) is 13.5. The fourth-order valence-corrected chi connectivity index (χ4v) is 3.97. The molecule has 2 saturated heterocycles. The van der Waals surface area contributed by atoms with Crippen LogP contribution in [0.25, 0.3) is 0 Å². The summed E-state index contributed by atoms with van der Waals surface area (Å²) in [6.45, 7) is 4.94. The molecule has 0 aliphatic carbocycles. The van der Waals surface area contributed by atoms with E-state index in [1.807, 2.05) is 0 Å². The maximum atomic E-state index is 3.47. The molecule has 0 saturated carbocycles. The first-order chi connectivity index (χ1) is 10.3. The Balaban J connectivity index is 1.64. The van der Waals surface area contributed by atoms with Gasteiger partial charge in [0, 0.05) is 0 Å². The van der Waals surface area contributed by atoms with Gasteiger partial charge < -0.3 is 10.2 Å². The minimum atomic E-state index is 0.780. The average molecular weight is 286 g/mol. The van der Waals surface area contributed by atoms with Gasteiger partial charge in [-0.1, -0.05) is 24.3 Å². The van der Waals surface area contributed by atoms with Crippen molar-refractivity contribution in [2.75, 3.05) is 33.2 Å². The SMILES string of the molecule is CN1CCCC(c2cccc(CC3CCNCC3)c2)CC1. The molecule has 0 spiro atoms. The summed E-state index contributed by atoms with van der Waals surface area (Å²) in [6, 6.07) is 9.51. The first kappa shape index (κ1) is 15.1. The second kappa shape index (κ2) is 7.42. The van der Waals surface area contributed by atoms with Gasteiger partial charge in [0.15, 0.2) is 0 Å². The molecule has 0 aromatic heterocycles. The van der Waals surface area contributed by atoms with Crippen molar-refractivity contribution in [3.05, 3.63) is 35.4 Å². The van der Waals surface area contributed by atoms with Crippen molar-refractivity contribution in [2.24, 2.45) is 5.92 Å². The Morgan fingerprint density at radius 2 is 1.95 bits per heavy atom. The zero-order valence-electron chi connectivity index (χ0n) is 13.5. The summed E-state index contributed by atoms with van der Waals surface area (Å²) in [5.41, 5.74) is 3.16. The fourth-order valence-electron chi connectivity index (χ4n) is 3.97. The molecule has 2 heteroatoms. The maximum absolute atomic E-state index is 3.47. The lowest BCUT2D eigenvalue weighted by Crippen LogP contribution is -2.28. The number of piperidine rings is 1. The molecule has 116 valence electrons. The lowest BCUT2D eigenvalue weighted by Gasteiger charge is -2.23. The predicted molar refractivity (Wildman–Crippen MR) is 89.8 cm³/mol. The van der Waals surface area contributed by atoms with Crippen LogP contribution in [0.4, 0.5) is 0 Å². The van der Waals surface area contributed by atoms with Crippen LogP contribution < -0.4 is 5.32 Å². The van der Waals surface area contributed by atoms with Crippen LogP contribution in [-0.2, 0) is 6.42 Å². The van der Waals surface area contributed by atoms with Gasteiger partial charge in [-0.2, -0.15) is 0 Å². The molecule has 1 unspecified atom stereocenters. The van der Waals surface area contributed by atoms with Crippen molar-refractivity contribution >= 4 is 0 Å². The highest BCUT2D eigenvalue weighted by atomic mass is 15.1. The predicted octanol–water partition coefficient (Wildman–Crippen LogP) is 3.43. The molecule has 1 aromatic carbocycles. The first-order valence-corrected chi connectivity index (χ1v) is 8.79. The molecule has 0 bridgehead atoms. The fraction of sp³-hybridized carbons (Fsp3) is 0.684. The number of rotatable bonds is 3. The van der Waals surface area contributed by atoms with Gasteiger partial charge in [0.05, 0.1) is 0 Å².